The summed E-state index contributed by atoms with van der Waals surface area (Å²) in [4.78, 5) is 7.53. The van der Waals surface area contributed by atoms with Gasteiger partial charge in [-0.1, -0.05) is 0 Å². The molecule has 1 saturated heterocycles. The van der Waals surface area contributed by atoms with Crippen molar-refractivity contribution >= 4 is 10.0 Å². The molecular formula is C15H15F2N3O4S. The van der Waals surface area contributed by atoms with Crippen LogP contribution in [0.5, 0.6) is 11.8 Å². The Bertz CT molecular complexity index is 859. The van der Waals surface area contributed by atoms with Gasteiger partial charge in [-0.3, -0.25) is 4.98 Å². The van der Waals surface area contributed by atoms with Crippen molar-refractivity contribution in [2.45, 2.75) is 17.4 Å². The first-order chi connectivity index (χ1) is 11.9. The van der Waals surface area contributed by atoms with Gasteiger partial charge in [-0.2, -0.15) is 9.29 Å². The van der Waals surface area contributed by atoms with Crippen LogP contribution in [0.3, 0.4) is 0 Å². The van der Waals surface area contributed by atoms with Crippen molar-refractivity contribution in [3.05, 3.63) is 42.2 Å². The van der Waals surface area contributed by atoms with Crippen molar-refractivity contribution in [1.82, 2.24) is 14.3 Å². The number of hydrogen-bond acceptors (Lipinski definition) is 6. The predicted octanol–water partition coefficient (Wildman–Crippen LogP) is 1.61. The van der Waals surface area contributed by atoms with Gasteiger partial charge in [0.05, 0.1) is 30.9 Å². The van der Waals surface area contributed by atoms with Crippen LogP contribution in [0.25, 0.3) is 0 Å². The van der Waals surface area contributed by atoms with Crippen LogP contribution < -0.4 is 9.47 Å². The summed E-state index contributed by atoms with van der Waals surface area (Å²) in [5.74, 6) is -1.41. The normalized spacial score (nSPS) is 18.3. The Kier molecular flexibility index (Phi) is 4.82. The van der Waals surface area contributed by atoms with Gasteiger partial charge in [0.2, 0.25) is 21.8 Å². The summed E-state index contributed by atoms with van der Waals surface area (Å²) in [5.41, 5.74) is 0. The molecule has 0 spiro atoms. The summed E-state index contributed by atoms with van der Waals surface area (Å²) in [6, 6.07) is 2.21. The highest BCUT2D eigenvalue weighted by Gasteiger charge is 2.34. The van der Waals surface area contributed by atoms with Gasteiger partial charge in [0, 0.05) is 12.6 Å². The van der Waals surface area contributed by atoms with Gasteiger partial charge in [-0.05, 0) is 18.6 Å². The van der Waals surface area contributed by atoms with E-state index in [0.717, 1.165) is 16.4 Å². The zero-order valence-electron chi connectivity index (χ0n) is 13.2. The monoisotopic (exact) mass is 371 g/mol. The van der Waals surface area contributed by atoms with Crippen LogP contribution in [0.15, 0.2) is 35.5 Å². The predicted molar refractivity (Wildman–Crippen MR) is 82.7 cm³/mol. The molecule has 1 aromatic carbocycles. The van der Waals surface area contributed by atoms with E-state index in [9.17, 15) is 17.2 Å². The van der Waals surface area contributed by atoms with E-state index in [1.165, 1.54) is 19.5 Å². The lowest BCUT2D eigenvalue weighted by atomic mass is 10.3. The Morgan fingerprint density at radius 2 is 1.84 bits per heavy atom. The van der Waals surface area contributed by atoms with Crippen molar-refractivity contribution < 1.29 is 26.7 Å². The SMILES string of the molecule is COc1cncc(OC2CCN(S(=O)(=O)c3cc(F)cc(F)c3)C2)n1. The average molecular weight is 371 g/mol. The molecule has 1 unspecified atom stereocenters. The van der Waals surface area contributed by atoms with Crippen LogP contribution >= 0.6 is 0 Å². The van der Waals surface area contributed by atoms with Crippen molar-refractivity contribution in [2.24, 2.45) is 0 Å². The largest absolute Gasteiger partial charge is 0.480 e. The second-order valence-electron chi connectivity index (χ2n) is 5.40. The number of nitrogens with zero attached hydrogens (tertiary/aromatic N) is 3. The first-order valence-electron chi connectivity index (χ1n) is 7.37. The molecule has 25 heavy (non-hydrogen) atoms. The van der Waals surface area contributed by atoms with Crippen LogP contribution in [0.1, 0.15) is 6.42 Å². The van der Waals surface area contributed by atoms with Crippen molar-refractivity contribution in [2.75, 3.05) is 20.2 Å². The number of methoxy groups -OCH3 is 1. The smallest absolute Gasteiger partial charge is 0.243 e. The molecular weight excluding hydrogens is 356 g/mol. The molecule has 7 nitrogen and oxygen atoms in total. The highest BCUT2D eigenvalue weighted by Crippen LogP contribution is 2.25. The van der Waals surface area contributed by atoms with E-state index in [2.05, 4.69) is 9.97 Å². The van der Waals surface area contributed by atoms with E-state index >= 15 is 0 Å². The molecule has 1 aliphatic heterocycles. The van der Waals surface area contributed by atoms with Crippen LogP contribution in [0.2, 0.25) is 0 Å². The van der Waals surface area contributed by atoms with Gasteiger partial charge in [0.15, 0.2) is 0 Å². The quantitative estimate of drug-likeness (QED) is 0.794. The molecule has 134 valence electrons. The maximum absolute atomic E-state index is 13.3. The third-order valence-electron chi connectivity index (χ3n) is 3.67. The summed E-state index contributed by atoms with van der Waals surface area (Å²) in [6.45, 7) is 0.210. The Labute approximate surface area is 143 Å². The van der Waals surface area contributed by atoms with E-state index in [1.54, 1.807) is 0 Å². The van der Waals surface area contributed by atoms with E-state index < -0.39 is 32.7 Å². The minimum absolute atomic E-state index is 0.0410. The fourth-order valence-electron chi connectivity index (χ4n) is 2.50. The zero-order chi connectivity index (χ0) is 18.0. The molecule has 0 bridgehead atoms. The Balaban J connectivity index is 1.73. The van der Waals surface area contributed by atoms with Crippen LogP contribution in [-0.2, 0) is 10.0 Å². The standard InChI is InChI=1S/C15H15F2N3O4S/c1-23-14-7-18-8-15(19-14)24-12-2-3-20(9-12)25(21,22)13-5-10(16)4-11(17)6-13/h4-8,12H,2-3,9H2,1H3. The second kappa shape index (κ2) is 6.89. The molecule has 10 heteroatoms. The number of benzene rings is 1. The third kappa shape index (κ3) is 3.85. The summed E-state index contributed by atoms with van der Waals surface area (Å²) >= 11 is 0. The molecule has 0 radical (unpaired) electrons. The Morgan fingerprint density at radius 1 is 1.16 bits per heavy atom. The van der Waals surface area contributed by atoms with Crippen molar-refractivity contribution in [1.29, 1.82) is 0 Å². The fourth-order valence-corrected chi connectivity index (χ4v) is 4.03. The van der Waals surface area contributed by atoms with Crippen molar-refractivity contribution in [3.8, 4) is 11.8 Å². The molecule has 1 aromatic heterocycles. The molecule has 0 N–H and O–H groups in total. The lowest BCUT2D eigenvalue weighted by molar-refractivity contribution is 0.203. The lowest BCUT2D eigenvalue weighted by Crippen LogP contribution is -2.31. The second-order valence-corrected chi connectivity index (χ2v) is 7.33. The fraction of sp³-hybridized carbons (Fsp3) is 0.333. The number of hydrogen-bond donors (Lipinski definition) is 0. The number of aromatic nitrogens is 2. The molecule has 0 saturated carbocycles. The minimum Gasteiger partial charge on any atom is -0.480 e. The van der Waals surface area contributed by atoms with Gasteiger partial charge in [-0.15, -0.1) is 0 Å². The molecule has 1 aliphatic rings. The highest BCUT2D eigenvalue weighted by molar-refractivity contribution is 7.89. The van der Waals surface area contributed by atoms with Gasteiger partial charge in [-0.25, -0.2) is 17.2 Å². The van der Waals surface area contributed by atoms with Gasteiger partial charge in [0.1, 0.15) is 17.7 Å². The summed E-state index contributed by atoms with van der Waals surface area (Å²) < 4.78 is 63.4. The molecule has 3 rings (SSSR count). The number of rotatable bonds is 5. The zero-order valence-corrected chi connectivity index (χ0v) is 14.0. The van der Waals surface area contributed by atoms with Crippen molar-refractivity contribution in [3.63, 3.8) is 0 Å². The maximum atomic E-state index is 13.3. The van der Waals surface area contributed by atoms with Crippen LogP contribution in [-0.4, -0.2) is 49.0 Å². The number of halogens is 2. The highest BCUT2D eigenvalue weighted by atomic mass is 32.2. The molecule has 2 aromatic rings. The first-order valence-corrected chi connectivity index (χ1v) is 8.81. The Hall–Kier alpha value is -2.33. The van der Waals surface area contributed by atoms with Crippen LogP contribution in [0.4, 0.5) is 8.78 Å². The van der Waals surface area contributed by atoms with Crippen LogP contribution in [0, 0.1) is 11.6 Å². The number of sulfonamides is 1. The molecule has 0 aliphatic carbocycles. The van der Waals surface area contributed by atoms with Gasteiger partial charge >= 0.3 is 0 Å². The molecule has 1 fully saturated rings. The first kappa shape index (κ1) is 17.5. The van der Waals surface area contributed by atoms with E-state index in [0.29, 0.717) is 12.5 Å². The van der Waals surface area contributed by atoms with E-state index in [4.69, 9.17) is 9.47 Å². The lowest BCUT2D eigenvalue weighted by Gasteiger charge is -2.17. The van der Waals surface area contributed by atoms with Gasteiger partial charge in [0.25, 0.3) is 0 Å². The molecule has 1 atom stereocenters. The van der Waals surface area contributed by atoms with Gasteiger partial charge < -0.3 is 9.47 Å². The summed E-state index contributed by atoms with van der Waals surface area (Å²) in [5, 5.41) is 0. The number of ether oxygens (including phenoxy) is 2. The topological polar surface area (TPSA) is 81.6 Å². The maximum Gasteiger partial charge on any atom is 0.243 e. The summed E-state index contributed by atoms with van der Waals surface area (Å²) in [7, 11) is -2.57. The van der Waals surface area contributed by atoms with E-state index in [1.807, 2.05) is 0 Å². The average Bonchev–Trinajstić information content (AvgIpc) is 3.03. The Morgan fingerprint density at radius 3 is 2.52 bits per heavy atom. The molecule has 0 amide bonds. The third-order valence-corrected chi connectivity index (χ3v) is 5.51. The molecule has 2 heterocycles. The minimum atomic E-state index is -4.01. The summed E-state index contributed by atoms with van der Waals surface area (Å²) in [6.07, 6.45) is 2.77. The van der Waals surface area contributed by atoms with E-state index in [-0.39, 0.29) is 24.8 Å².